The number of H-pyrrole nitrogens is 1. The maximum Gasteiger partial charge on any atom is 0.333 e. The molecule has 0 saturated carbocycles. The lowest BCUT2D eigenvalue weighted by Crippen LogP contribution is -2.47. The minimum atomic E-state index is -3.74. The van der Waals surface area contributed by atoms with E-state index in [1.807, 2.05) is 0 Å². The largest absolute Gasteiger partial charge is 0.485 e. The number of para-hydroxylation sites is 1. The van der Waals surface area contributed by atoms with Gasteiger partial charge in [-0.3, -0.25) is 14.5 Å². The van der Waals surface area contributed by atoms with E-state index in [2.05, 4.69) is 14.8 Å². The van der Waals surface area contributed by atoms with Crippen molar-refractivity contribution < 1.29 is 45.4 Å². The smallest absolute Gasteiger partial charge is 0.333 e. The van der Waals surface area contributed by atoms with Gasteiger partial charge in [0.25, 0.3) is 12.3 Å². The number of nitrogens with one attached hydrogen (secondary N) is 2. The molecule has 2 aromatic heterocycles. The first-order valence-electron chi connectivity index (χ1n) is 15.8. The van der Waals surface area contributed by atoms with Crippen LogP contribution in [0.3, 0.4) is 0 Å². The number of anilines is 2. The number of amides is 3. The van der Waals surface area contributed by atoms with Crippen LogP contribution in [0.5, 0.6) is 17.2 Å². The molecule has 0 spiro atoms. The molecule has 14 nitrogen and oxygen atoms in total. The number of hydrogen-bond acceptors (Lipinski definition) is 9. The number of nitrogens with two attached hydrogens (primary N) is 1. The Morgan fingerprint density at radius 2 is 1.85 bits per heavy atom. The van der Waals surface area contributed by atoms with Crippen LogP contribution in [0.1, 0.15) is 34.5 Å². The number of fused-ring (bicyclic) bond motifs is 2. The summed E-state index contributed by atoms with van der Waals surface area (Å²) in [6.45, 7) is 0.708. The zero-order chi connectivity index (χ0) is 37.1. The molecule has 0 bridgehead atoms. The van der Waals surface area contributed by atoms with Crippen molar-refractivity contribution in [1.82, 2.24) is 24.4 Å². The average Bonchev–Trinajstić information content (AvgIpc) is 3.84. The van der Waals surface area contributed by atoms with Crippen LogP contribution < -0.4 is 24.8 Å². The standard InChI is InChI=1S/C34H30F3N7O7S/c1-17-11-19(51-27-6-4-3-5-21(27)35)7-8-24(17)44-32(38)20(15-39-44)31(45)23-12-18-13-28(50-16-29(36)37)26(14-22(18)40-23)43-33(46)25-9-10-30(41-52(2,48)49)42(25)34(43)47/h3-8,11-15,25,29-30,40-41H,9-10,16,38H2,1-2H3/t25-,30?/m0/s1. The Kier molecular flexibility index (Phi) is 8.66. The second-order valence-electron chi connectivity index (χ2n) is 12.3. The summed E-state index contributed by atoms with van der Waals surface area (Å²) in [7, 11) is -3.74. The molecule has 18 heteroatoms. The molecule has 2 aliphatic heterocycles. The lowest BCUT2D eigenvalue weighted by molar-refractivity contribution is -0.119. The van der Waals surface area contributed by atoms with Crippen LogP contribution in [0.25, 0.3) is 16.6 Å². The molecule has 2 aliphatic rings. The molecule has 0 aliphatic carbocycles. The van der Waals surface area contributed by atoms with Gasteiger partial charge in [0.2, 0.25) is 15.8 Å². The van der Waals surface area contributed by atoms with Gasteiger partial charge in [-0.1, -0.05) is 12.1 Å². The Bertz CT molecular complexity index is 2380. The van der Waals surface area contributed by atoms with Gasteiger partial charge in [0.15, 0.2) is 11.6 Å². The van der Waals surface area contributed by atoms with Crippen LogP contribution >= 0.6 is 0 Å². The number of hydrogen-bond donors (Lipinski definition) is 3. The van der Waals surface area contributed by atoms with Gasteiger partial charge in [-0.15, -0.1) is 0 Å². The van der Waals surface area contributed by atoms with Gasteiger partial charge in [0, 0.05) is 10.9 Å². The van der Waals surface area contributed by atoms with E-state index in [0.717, 1.165) is 16.1 Å². The number of aromatic nitrogens is 3. The zero-order valence-electron chi connectivity index (χ0n) is 27.5. The lowest BCUT2D eigenvalue weighted by Gasteiger charge is -2.24. The third kappa shape index (κ3) is 6.30. The highest BCUT2D eigenvalue weighted by molar-refractivity contribution is 7.88. The first-order valence-corrected chi connectivity index (χ1v) is 17.7. The Morgan fingerprint density at radius 3 is 2.56 bits per heavy atom. The van der Waals surface area contributed by atoms with E-state index in [1.165, 1.54) is 41.2 Å². The van der Waals surface area contributed by atoms with Crippen molar-refractivity contribution in [3.63, 3.8) is 0 Å². The molecule has 4 heterocycles. The fourth-order valence-corrected chi connectivity index (χ4v) is 7.16. The van der Waals surface area contributed by atoms with Crippen molar-refractivity contribution in [2.45, 2.75) is 38.4 Å². The summed E-state index contributed by atoms with van der Waals surface area (Å²) >= 11 is 0. The van der Waals surface area contributed by atoms with Crippen molar-refractivity contribution in [3.05, 3.63) is 89.5 Å². The molecule has 2 saturated heterocycles. The fraction of sp³-hybridized carbons (Fsp3) is 0.235. The number of benzene rings is 3. The molecule has 52 heavy (non-hydrogen) atoms. The third-order valence-corrected chi connectivity index (χ3v) is 9.42. The van der Waals surface area contributed by atoms with E-state index < -0.39 is 58.8 Å². The number of carbonyl (C=O) groups is 3. The van der Waals surface area contributed by atoms with Gasteiger partial charge < -0.3 is 20.2 Å². The van der Waals surface area contributed by atoms with Crippen molar-refractivity contribution in [1.29, 1.82) is 0 Å². The van der Waals surface area contributed by atoms with Gasteiger partial charge >= 0.3 is 6.03 Å². The van der Waals surface area contributed by atoms with Gasteiger partial charge in [0.05, 0.1) is 41.3 Å². The highest BCUT2D eigenvalue weighted by Gasteiger charge is 2.53. The second-order valence-corrected chi connectivity index (χ2v) is 14.1. The van der Waals surface area contributed by atoms with Gasteiger partial charge in [-0.2, -0.15) is 9.82 Å². The molecule has 2 atom stereocenters. The molecular weight excluding hydrogens is 707 g/mol. The van der Waals surface area contributed by atoms with Crippen LogP contribution in [-0.2, 0) is 14.8 Å². The second kappa shape index (κ2) is 13.0. The van der Waals surface area contributed by atoms with Gasteiger partial charge in [-0.25, -0.2) is 36.0 Å². The predicted molar refractivity (Wildman–Crippen MR) is 182 cm³/mol. The van der Waals surface area contributed by atoms with Crippen molar-refractivity contribution in [3.8, 4) is 22.9 Å². The molecule has 2 fully saturated rings. The SMILES string of the molecule is Cc1cc(Oc2ccccc2F)ccc1-n1ncc(C(=O)c2cc3cc(OCC(F)F)c(N4C(=O)[C@@H]5CCC(NS(C)(=O)=O)N5C4=O)cc3[nH]2)c1N. The van der Waals surface area contributed by atoms with Crippen LogP contribution in [-0.4, -0.2) is 77.3 Å². The van der Waals surface area contributed by atoms with E-state index in [0.29, 0.717) is 22.4 Å². The predicted octanol–water partition coefficient (Wildman–Crippen LogP) is 4.86. The van der Waals surface area contributed by atoms with E-state index in [4.69, 9.17) is 15.2 Å². The molecule has 7 rings (SSSR count). The van der Waals surface area contributed by atoms with E-state index in [-0.39, 0.29) is 52.6 Å². The monoisotopic (exact) mass is 737 g/mol. The summed E-state index contributed by atoms with van der Waals surface area (Å²) in [5.74, 6) is -1.59. The average molecular weight is 738 g/mol. The van der Waals surface area contributed by atoms with Gasteiger partial charge in [0.1, 0.15) is 30.0 Å². The summed E-state index contributed by atoms with van der Waals surface area (Å²) in [5.41, 5.74) is 7.73. The molecule has 1 unspecified atom stereocenters. The van der Waals surface area contributed by atoms with Crippen LogP contribution in [0.4, 0.5) is 29.5 Å². The summed E-state index contributed by atoms with van der Waals surface area (Å²) in [5, 5.41) is 4.64. The number of urea groups is 1. The molecule has 3 aromatic carbocycles. The number of ketones is 1. The number of halogens is 3. The number of sulfonamides is 1. The zero-order valence-corrected chi connectivity index (χ0v) is 28.3. The Hall–Kier alpha value is -5.88. The summed E-state index contributed by atoms with van der Waals surface area (Å²) in [6, 6.07) is 13.1. The number of imide groups is 1. The van der Waals surface area contributed by atoms with Gasteiger partial charge in [-0.05, 0) is 73.9 Å². The third-order valence-electron chi connectivity index (χ3n) is 8.72. The first-order chi connectivity index (χ1) is 24.7. The molecule has 3 amide bonds. The quantitative estimate of drug-likeness (QED) is 0.126. The number of aromatic amines is 1. The number of ether oxygens (including phenoxy) is 2. The number of aryl methyl sites for hydroxylation is 1. The molecule has 4 N–H and O–H groups in total. The highest BCUT2D eigenvalue weighted by Crippen LogP contribution is 2.41. The van der Waals surface area contributed by atoms with E-state index in [1.54, 1.807) is 37.3 Å². The number of nitrogen functional groups attached to an aromatic ring is 1. The van der Waals surface area contributed by atoms with Crippen LogP contribution in [0.2, 0.25) is 0 Å². The van der Waals surface area contributed by atoms with Crippen LogP contribution in [0, 0.1) is 12.7 Å². The van der Waals surface area contributed by atoms with Crippen LogP contribution in [0.15, 0.2) is 66.9 Å². The van der Waals surface area contributed by atoms with E-state index in [9.17, 15) is 36.0 Å². The number of nitrogens with zero attached hydrogens (tertiary/aromatic N) is 4. The first kappa shape index (κ1) is 34.6. The Balaban J connectivity index is 1.19. The number of alkyl halides is 2. The maximum atomic E-state index is 14.1. The van der Waals surface area contributed by atoms with Crippen molar-refractivity contribution in [2.75, 3.05) is 23.5 Å². The number of carbonyl (C=O) groups excluding carboxylic acids is 3. The summed E-state index contributed by atoms with van der Waals surface area (Å²) in [6.07, 6.45) is -1.28. The topological polar surface area (TPSA) is 182 Å². The molecular formula is C34H30F3N7O7S. The minimum Gasteiger partial charge on any atom is -0.485 e. The van der Waals surface area contributed by atoms with E-state index >= 15 is 0 Å². The summed E-state index contributed by atoms with van der Waals surface area (Å²) < 4.78 is 79.2. The summed E-state index contributed by atoms with van der Waals surface area (Å²) in [4.78, 5) is 45.7. The molecule has 5 aromatic rings. The number of rotatable bonds is 11. The highest BCUT2D eigenvalue weighted by atomic mass is 32.2. The maximum absolute atomic E-state index is 14.1. The fourth-order valence-electron chi connectivity index (χ4n) is 6.43. The molecule has 0 radical (unpaired) electrons. The van der Waals surface area contributed by atoms with Crippen molar-refractivity contribution >= 4 is 50.2 Å². The molecule has 270 valence electrons. The van der Waals surface area contributed by atoms with Crippen molar-refractivity contribution in [2.24, 2.45) is 0 Å². The Morgan fingerprint density at radius 1 is 1.08 bits per heavy atom. The Labute approximate surface area is 293 Å². The lowest BCUT2D eigenvalue weighted by atomic mass is 10.1. The normalized spacial score (nSPS) is 17.4. The minimum absolute atomic E-state index is 0.00211.